The smallest absolute Gasteiger partial charge is 0.411 e. The van der Waals surface area contributed by atoms with Gasteiger partial charge in [-0.1, -0.05) is 6.42 Å². The molecular formula is C18H29F3N4O2. The van der Waals surface area contributed by atoms with Gasteiger partial charge in [-0.3, -0.25) is 9.89 Å². The molecule has 0 amide bonds. The Morgan fingerprint density at radius 1 is 1.30 bits per heavy atom. The van der Waals surface area contributed by atoms with Gasteiger partial charge in [0.1, 0.15) is 12.4 Å². The molecule has 0 bridgehead atoms. The fourth-order valence-electron chi connectivity index (χ4n) is 3.10. The molecule has 0 aliphatic carbocycles. The van der Waals surface area contributed by atoms with E-state index in [-0.39, 0.29) is 12.6 Å². The van der Waals surface area contributed by atoms with Crippen molar-refractivity contribution < 1.29 is 22.3 Å². The van der Waals surface area contributed by atoms with E-state index in [1.54, 1.807) is 13.3 Å². The lowest BCUT2D eigenvalue weighted by atomic mass is 10.1. The molecule has 27 heavy (non-hydrogen) atoms. The maximum absolute atomic E-state index is 12.0. The van der Waals surface area contributed by atoms with E-state index >= 15 is 0 Å². The van der Waals surface area contributed by atoms with Gasteiger partial charge in [0.05, 0.1) is 12.3 Å². The number of nitrogens with one attached hydrogen (secondary N) is 2. The van der Waals surface area contributed by atoms with Gasteiger partial charge in [-0.15, -0.1) is 0 Å². The van der Waals surface area contributed by atoms with Gasteiger partial charge in [-0.25, -0.2) is 0 Å². The summed E-state index contributed by atoms with van der Waals surface area (Å²) in [6.07, 6.45) is 1.49. The molecule has 1 fully saturated rings. The quantitative estimate of drug-likeness (QED) is 0.386. The summed E-state index contributed by atoms with van der Waals surface area (Å²) in [5, 5.41) is 6.39. The third kappa shape index (κ3) is 8.21. The molecule has 1 aliphatic rings. The summed E-state index contributed by atoms with van der Waals surface area (Å²) < 4.78 is 46.2. The van der Waals surface area contributed by atoms with E-state index in [2.05, 4.69) is 25.3 Å². The highest BCUT2D eigenvalue weighted by molar-refractivity contribution is 5.79. The zero-order chi connectivity index (χ0) is 19.5. The number of halogens is 3. The van der Waals surface area contributed by atoms with E-state index < -0.39 is 12.8 Å². The predicted octanol–water partition coefficient (Wildman–Crippen LogP) is 2.94. The summed E-state index contributed by atoms with van der Waals surface area (Å²) in [4.78, 5) is 6.58. The maximum Gasteiger partial charge on any atom is 0.411 e. The van der Waals surface area contributed by atoms with Crippen LogP contribution in [0.3, 0.4) is 0 Å². The average Bonchev–Trinajstić information content (AvgIpc) is 3.17. The lowest BCUT2D eigenvalue weighted by Crippen LogP contribution is -2.44. The SMILES string of the molecule is CN=C(NCCCOCC(F)(F)F)NCC(c1ccco1)N1CCCCC1. The Labute approximate surface area is 158 Å². The monoisotopic (exact) mass is 390 g/mol. The van der Waals surface area contributed by atoms with Crippen molar-refractivity contribution >= 4 is 5.96 Å². The van der Waals surface area contributed by atoms with Gasteiger partial charge in [-0.05, 0) is 44.5 Å². The molecule has 1 aromatic heterocycles. The first-order chi connectivity index (χ1) is 13.0. The van der Waals surface area contributed by atoms with Gasteiger partial charge in [0.25, 0.3) is 0 Å². The number of nitrogens with zero attached hydrogens (tertiary/aromatic N) is 2. The molecule has 2 rings (SSSR count). The van der Waals surface area contributed by atoms with Crippen LogP contribution in [-0.2, 0) is 4.74 Å². The zero-order valence-corrected chi connectivity index (χ0v) is 15.7. The number of piperidine rings is 1. The van der Waals surface area contributed by atoms with Gasteiger partial charge in [0.15, 0.2) is 5.96 Å². The van der Waals surface area contributed by atoms with Crippen molar-refractivity contribution in [2.24, 2.45) is 4.99 Å². The average molecular weight is 390 g/mol. The van der Waals surface area contributed by atoms with Gasteiger partial charge in [0, 0.05) is 26.7 Å². The molecule has 9 heteroatoms. The Balaban J connectivity index is 1.73. The highest BCUT2D eigenvalue weighted by atomic mass is 19.4. The van der Waals surface area contributed by atoms with Crippen molar-refractivity contribution in [3.05, 3.63) is 24.2 Å². The molecule has 1 atom stereocenters. The molecule has 0 radical (unpaired) electrons. The first-order valence-corrected chi connectivity index (χ1v) is 9.36. The summed E-state index contributed by atoms with van der Waals surface area (Å²) in [6, 6.07) is 3.99. The summed E-state index contributed by atoms with van der Waals surface area (Å²) >= 11 is 0. The second-order valence-corrected chi connectivity index (χ2v) is 6.53. The lowest BCUT2D eigenvalue weighted by molar-refractivity contribution is -0.173. The fraction of sp³-hybridized carbons (Fsp3) is 0.722. The van der Waals surface area contributed by atoms with Crippen molar-refractivity contribution in [2.75, 3.05) is 46.4 Å². The first-order valence-electron chi connectivity index (χ1n) is 9.36. The van der Waals surface area contributed by atoms with Crippen LogP contribution in [0.4, 0.5) is 13.2 Å². The van der Waals surface area contributed by atoms with E-state index in [0.29, 0.717) is 25.5 Å². The van der Waals surface area contributed by atoms with Crippen LogP contribution in [0.15, 0.2) is 27.8 Å². The fourth-order valence-corrected chi connectivity index (χ4v) is 3.10. The Bertz CT molecular complexity index is 543. The minimum absolute atomic E-state index is 0.0479. The summed E-state index contributed by atoms with van der Waals surface area (Å²) in [5.41, 5.74) is 0. The van der Waals surface area contributed by atoms with Crippen LogP contribution in [-0.4, -0.2) is 63.5 Å². The van der Waals surface area contributed by atoms with Gasteiger partial charge < -0.3 is 19.8 Å². The number of hydrogen-bond donors (Lipinski definition) is 2. The minimum atomic E-state index is -4.28. The number of furan rings is 1. The number of guanidine groups is 1. The number of rotatable bonds is 9. The number of hydrogen-bond acceptors (Lipinski definition) is 4. The third-order valence-corrected chi connectivity index (χ3v) is 4.41. The standard InChI is InChI=1S/C18H29F3N4O2/c1-22-17(23-8-6-11-26-14-18(19,20)21)24-13-15(16-7-5-12-27-16)25-9-3-2-4-10-25/h5,7,12,15H,2-4,6,8-11,13-14H2,1H3,(H2,22,23,24). The third-order valence-electron chi connectivity index (χ3n) is 4.41. The molecule has 2 N–H and O–H groups in total. The molecule has 1 unspecified atom stereocenters. The van der Waals surface area contributed by atoms with Gasteiger partial charge in [-0.2, -0.15) is 13.2 Å². The van der Waals surface area contributed by atoms with Crippen LogP contribution in [0.2, 0.25) is 0 Å². The molecule has 2 heterocycles. The van der Waals surface area contributed by atoms with Gasteiger partial charge >= 0.3 is 6.18 Å². The van der Waals surface area contributed by atoms with Crippen molar-refractivity contribution in [1.82, 2.24) is 15.5 Å². The van der Waals surface area contributed by atoms with Crippen LogP contribution in [0.1, 0.15) is 37.5 Å². The van der Waals surface area contributed by atoms with Crippen LogP contribution >= 0.6 is 0 Å². The van der Waals surface area contributed by atoms with Crippen molar-refractivity contribution in [3.8, 4) is 0 Å². The topological polar surface area (TPSA) is 62.0 Å². The summed E-state index contributed by atoms with van der Waals surface area (Å²) in [7, 11) is 1.66. The molecule has 0 spiro atoms. The molecule has 0 saturated carbocycles. The Morgan fingerprint density at radius 3 is 2.70 bits per heavy atom. The van der Waals surface area contributed by atoms with E-state index in [4.69, 9.17) is 4.42 Å². The molecule has 154 valence electrons. The van der Waals surface area contributed by atoms with Crippen LogP contribution in [0.5, 0.6) is 0 Å². The lowest BCUT2D eigenvalue weighted by Gasteiger charge is -2.33. The van der Waals surface area contributed by atoms with E-state index in [9.17, 15) is 13.2 Å². The molecular weight excluding hydrogens is 361 g/mol. The maximum atomic E-state index is 12.0. The molecule has 1 saturated heterocycles. The van der Waals surface area contributed by atoms with Crippen molar-refractivity contribution in [1.29, 1.82) is 0 Å². The Morgan fingerprint density at radius 2 is 2.07 bits per heavy atom. The zero-order valence-electron chi connectivity index (χ0n) is 15.7. The number of alkyl halides is 3. The molecule has 1 aromatic rings. The predicted molar refractivity (Wildman–Crippen MR) is 97.7 cm³/mol. The first kappa shape index (κ1) is 21.6. The summed E-state index contributed by atoms with van der Waals surface area (Å²) in [5.74, 6) is 1.53. The van der Waals surface area contributed by atoms with Crippen molar-refractivity contribution in [3.63, 3.8) is 0 Å². The highest BCUT2D eigenvalue weighted by Crippen LogP contribution is 2.24. The molecule has 0 aromatic carbocycles. The second-order valence-electron chi connectivity index (χ2n) is 6.53. The van der Waals surface area contributed by atoms with Gasteiger partial charge in [0.2, 0.25) is 0 Å². The van der Waals surface area contributed by atoms with Crippen LogP contribution in [0.25, 0.3) is 0 Å². The van der Waals surface area contributed by atoms with E-state index in [0.717, 1.165) is 18.8 Å². The highest BCUT2D eigenvalue weighted by Gasteiger charge is 2.27. The Hall–Kier alpha value is -1.74. The molecule has 1 aliphatic heterocycles. The van der Waals surface area contributed by atoms with E-state index in [1.165, 1.54) is 19.3 Å². The Kier molecular flexibility index (Phi) is 8.93. The normalized spacial score (nSPS) is 17.7. The largest absolute Gasteiger partial charge is 0.468 e. The van der Waals surface area contributed by atoms with Crippen LogP contribution < -0.4 is 10.6 Å². The second kappa shape index (κ2) is 11.2. The minimum Gasteiger partial charge on any atom is -0.468 e. The van der Waals surface area contributed by atoms with Crippen molar-refractivity contribution in [2.45, 2.75) is 37.9 Å². The van der Waals surface area contributed by atoms with E-state index in [1.807, 2.05) is 12.1 Å². The number of aliphatic imine (C=N–C) groups is 1. The molecule has 6 nitrogen and oxygen atoms in total. The number of likely N-dealkylation sites (tertiary alicyclic amines) is 1. The number of ether oxygens (including phenoxy) is 1. The summed E-state index contributed by atoms with van der Waals surface area (Å²) in [6.45, 7) is 2.03. The van der Waals surface area contributed by atoms with Crippen LogP contribution in [0, 0.1) is 0 Å².